The molecule has 0 saturated heterocycles. The highest BCUT2D eigenvalue weighted by atomic mass is 35.5. The number of rotatable bonds is 7. The quantitative estimate of drug-likeness (QED) is 0.684. The van der Waals surface area contributed by atoms with Crippen LogP contribution in [0.5, 0.6) is 0 Å². The van der Waals surface area contributed by atoms with Crippen molar-refractivity contribution in [3.8, 4) is 0 Å². The average Bonchev–Trinajstić information content (AvgIpc) is 2.63. The molecule has 0 radical (unpaired) electrons. The van der Waals surface area contributed by atoms with Crippen LogP contribution in [0.25, 0.3) is 0 Å². The average molecular weight is 425 g/mol. The van der Waals surface area contributed by atoms with Crippen molar-refractivity contribution < 1.29 is 22.7 Å². The molecule has 2 aromatic rings. The minimum atomic E-state index is -3.89. The van der Waals surface area contributed by atoms with Gasteiger partial charge < -0.3 is 10.1 Å². The predicted molar refractivity (Wildman–Crippen MR) is 108 cm³/mol. The molecule has 0 aliphatic heterocycles. The minimum Gasteiger partial charge on any atom is -0.462 e. The Kier molecular flexibility index (Phi) is 7.04. The van der Waals surface area contributed by atoms with Gasteiger partial charge in [-0.3, -0.25) is 9.10 Å². The lowest BCUT2D eigenvalue weighted by atomic mass is 10.2. The predicted octanol–water partition coefficient (Wildman–Crippen LogP) is 3.69. The molecule has 0 atom stereocenters. The van der Waals surface area contributed by atoms with Crippen LogP contribution in [0.4, 0.5) is 11.4 Å². The summed E-state index contributed by atoms with van der Waals surface area (Å²) in [5, 5.41) is 2.76. The minimum absolute atomic E-state index is 0.0519. The van der Waals surface area contributed by atoms with Crippen molar-refractivity contribution in [3.63, 3.8) is 0 Å². The fourth-order valence-electron chi connectivity index (χ4n) is 2.57. The molecule has 0 fully saturated rings. The van der Waals surface area contributed by atoms with Crippen molar-refractivity contribution in [2.75, 3.05) is 22.8 Å². The number of halogens is 1. The number of anilines is 2. The number of hydrogen-bond acceptors (Lipinski definition) is 5. The number of nitrogens with zero attached hydrogens (tertiary/aromatic N) is 1. The fraction of sp³-hybridized carbons (Fsp3) is 0.263. The largest absolute Gasteiger partial charge is 0.462 e. The van der Waals surface area contributed by atoms with E-state index in [0.29, 0.717) is 11.4 Å². The van der Waals surface area contributed by atoms with Crippen molar-refractivity contribution in [3.05, 3.63) is 53.1 Å². The maximum Gasteiger partial charge on any atom is 0.339 e. The molecule has 1 N–H and O–H groups in total. The van der Waals surface area contributed by atoms with E-state index in [4.69, 9.17) is 16.3 Å². The third-order valence-corrected chi connectivity index (χ3v) is 6.03. The van der Waals surface area contributed by atoms with Crippen LogP contribution in [-0.2, 0) is 19.6 Å². The standard InChI is InChI=1S/C19H21ClN2O5S/c1-4-22(15-8-11-18(20)17(12-15)19(24)27-5-2)28(25,26)16-9-6-14(7-10-16)21-13(3)23/h6-12H,4-5H2,1-3H3,(H,21,23). The second-order valence-corrected chi connectivity index (χ2v) is 8.03. The SMILES string of the molecule is CCOC(=O)c1cc(N(CC)S(=O)(=O)c2ccc(NC(C)=O)cc2)ccc1Cl. The molecule has 1 amide bonds. The molecule has 2 aromatic carbocycles. The van der Waals surface area contributed by atoms with Gasteiger partial charge in [0.25, 0.3) is 10.0 Å². The van der Waals surface area contributed by atoms with E-state index in [-0.39, 0.29) is 34.5 Å². The first-order valence-electron chi connectivity index (χ1n) is 8.57. The van der Waals surface area contributed by atoms with Gasteiger partial charge in [0.05, 0.1) is 27.8 Å². The van der Waals surface area contributed by atoms with E-state index in [0.717, 1.165) is 0 Å². The Hall–Kier alpha value is -2.58. The Morgan fingerprint density at radius 3 is 2.29 bits per heavy atom. The Morgan fingerprint density at radius 2 is 1.75 bits per heavy atom. The van der Waals surface area contributed by atoms with Crippen LogP contribution in [0.1, 0.15) is 31.1 Å². The first-order valence-corrected chi connectivity index (χ1v) is 10.4. The molecule has 0 aliphatic carbocycles. The number of benzene rings is 2. The van der Waals surface area contributed by atoms with Crippen LogP contribution in [0.2, 0.25) is 5.02 Å². The van der Waals surface area contributed by atoms with Gasteiger partial charge in [-0.2, -0.15) is 0 Å². The molecular formula is C19H21ClN2O5S. The van der Waals surface area contributed by atoms with E-state index in [2.05, 4.69) is 5.32 Å². The first-order chi connectivity index (χ1) is 13.2. The summed E-state index contributed by atoms with van der Waals surface area (Å²) in [4.78, 5) is 23.2. The van der Waals surface area contributed by atoms with Crippen LogP contribution < -0.4 is 9.62 Å². The molecule has 150 valence electrons. The second kappa shape index (κ2) is 9.07. The summed E-state index contributed by atoms with van der Waals surface area (Å²) >= 11 is 6.06. The van der Waals surface area contributed by atoms with E-state index in [1.54, 1.807) is 13.8 Å². The molecule has 0 saturated carbocycles. The fourth-order valence-corrected chi connectivity index (χ4v) is 4.23. The van der Waals surface area contributed by atoms with Gasteiger partial charge in [-0.15, -0.1) is 0 Å². The van der Waals surface area contributed by atoms with Gasteiger partial charge in [0.2, 0.25) is 5.91 Å². The zero-order chi connectivity index (χ0) is 20.9. The molecule has 2 rings (SSSR count). The van der Waals surface area contributed by atoms with Gasteiger partial charge in [-0.1, -0.05) is 11.6 Å². The summed E-state index contributed by atoms with van der Waals surface area (Å²) in [6, 6.07) is 10.2. The van der Waals surface area contributed by atoms with Gasteiger partial charge in [-0.05, 0) is 56.3 Å². The first kappa shape index (κ1) is 21.7. The van der Waals surface area contributed by atoms with Gasteiger partial charge in [0, 0.05) is 19.2 Å². The monoisotopic (exact) mass is 424 g/mol. The molecule has 0 spiro atoms. The molecule has 28 heavy (non-hydrogen) atoms. The van der Waals surface area contributed by atoms with E-state index >= 15 is 0 Å². The zero-order valence-electron chi connectivity index (χ0n) is 15.7. The summed E-state index contributed by atoms with van der Waals surface area (Å²) in [6.45, 7) is 5.03. The van der Waals surface area contributed by atoms with Gasteiger partial charge in [0.15, 0.2) is 0 Å². The van der Waals surface area contributed by atoms with E-state index in [9.17, 15) is 18.0 Å². The normalized spacial score (nSPS) is 11.0. The highest BCUT2D eigenvalue weighted by Gasteiger charge is 2.25. The Morgan fingerprint density at radius 1 is 1.11 bits per heavy atom. The van der Waals surface area contributed by atoms with Crippen molar-refractivity contribution in [2.24, 2.45) is 0 Å². The molecule has 0 bridgehead atoms. The van der Waals surface area contributed by atoms with Gasteiger partial charge >= 0.3 is 5.97 Å². The molecule has 9 heteroatoms. The van der Waals surface area contributed by atoms with Gasteiger partial charge in [-0.25, -0.2) is 13.2 Å². The Labute approximate surface area is 169 Å². The van der Waals surface area contributed by atoms with Crippen molar-refractivity contribution in [2.45, 2.75) is 25.7 Å². The molecule has 0 heterocycles. The number of esters is 1. The van der Waals surface area contributed by atoms with Crippen molar-refractivity contribution in [1.82, 2.24) is 0 Å². The topological polar surface area (TPSA) is 92.8 Å². The molecular weight excluding hydrogens is 404 g/mol. The maximum atomic E-state index is 13.1. The summed E-state index contributed by atoms with van der Waals surface area (Å²) in [6.07, 6.45) is 0. The molecule has 0 aromatic heterocycles. The number of amides is 1. The lowest BCUT2D eigenvalue weighted by Gasteiger charge is -2.23. The van der Waals surface area contributed by atoms with Crippen LogP contribution >= 0.6 is 11.6 Å². The smallest absolute Gasteiger partial charge is 0.339 e. The lowest BCUT2D eigenvalue weighted by molar-refractivity contribution is -0.114. The third-order valence-electron chi connectivity index (χ3n) is 3.78. The summed E-state index contributed by atoms with van der Waals surface area (Å²) in [7, 11) is -3.89. The molecule has 0 aliphatic rings. The van der Waals surface area contributed by atoms with E-state index in [1.165, 1.54) is 53.7 Å². The highest BCUT2D eigenvalue weighted by Crippen LogP contribution is 2.28. The van der Waals surface area contributed by atoms with Crippen molar-refractivity contribution >= 4 is 44.9 Å². The summed E-state index contributed by atoms with van der Waals surface area (Å²) in [5.74, 6) is -0.874. The second-order valence-electron chi connectivity index (χ2n) is 5.76. The van der Waals surface area contributed by atoms with Gasteiger partial charge in [0.1, 0.15) is 0 Å². The third kappa shape index (κ3) is 4.82. The molecule has 7 nitrogen and oxygen atoms in total. The van der Waals surface area contributed by atoms with Crippen LogP contribution in [0, 0.1) is 0 Å². The zero-order valence-corrected chi connectivity index (χ0v) is 17.3. The van der Waals surface area contributed by atoms with Crippen LogP contribution in [0.3, 0.4) is 0 Å². The van der Waals surface area contributed by atoms with E-state index in [1.807, 2.05) is 0 Å². The van der Waals surface area contributed by atoms with Crippen molar-refractivity contribution in [1.29, 1.82) is 0 Å². The Balaban J connectivity index is 2.42. The number of carbonyl (C=O) groups is 2. The Bertz CT molecular complexity index is 974. The summed E-state index contributed by atoms with van der Waals surface area (Å²) < 4.78 is 32.3. The summed E-state index contributed by atoms with van der Waals surface area (Å²) in [5.41, 5.74) is 0.877. The van der Waals surface area contributed by atoms with Crippen LogP contribution in [-0.4, -0.2) is 33.4 Å². The lowest BCUT2D eigenvalue weighted by Crippen LogP contribution is -2.31. The van der Waals surface area contributed by atoms with E-state index < -0.39 is 16.0 Å². The number of carbonyl (C=O) groups excluding carboxylic acids is 2. The molecule has 0 unspecified atom stereocenters. The number of hydrogen-bond donors (Lipinski definition) is 1. The van der Waals surface area contributed by atoms with Crippen LogP contribution in [0.15, 0.2) is 47.4 Å². The maximum absolute atomic E-state index is 13.1. The number of sulfonamides is 1. The number of ether oxygens (including phenoxy) is 1. The number of nitrogens with one attached hydrogen (secondary N) is 1. The highest BCUT2D eigenvalue weighted by molar-refractivity contribution is 7.92.